The Hall–Kier alpha value is -2.14. The van der Waals surface area contributed by atoms with Crippen molar-refractivity contribution in [2.45, 2.75) is 33.1 Å². The first-order chi connectivity index (χ1) is 9.65. The summed E-state index contributed by atoms with van der Waals surface area (Å²) in [6, 6.07) is 12.4. The highest BCUT2D eigenvalue weighted by Gasteiger charge is 2.25. The lowest BCUT2D eigenvalue weighted by Gasteiger charge is -2.23. The second-order valence-corrected chi connectivity index (χ2v) is 5.19. The number of hydrogen-bond acceptors (Lipinski definition) is 2. The molecule has 1 aromatic rings. The van der Waals surface area contributed by atoms with Crippen LogP contribution in [0.15, 0.2) is 47.1 Å². The number of rotatable bonds is 3. The van der Waals surface area contributed by atoms with Crippen LogP contribution in [-0.4, -0.2) is 5.78 Å². The van der Waals surface area contributed by atoms with Gasteiger partial charge in [-0.3, -0.25) is 4.79 Å². The van der Waals surface area contributed by atoms with Crippen molar-refractivity contribution < 1.29 is 4.79 Å². The van der Waals surface area contributed by atoms with E-state index in [-0.39, 0.29) is 11.7 Å². The van der Waals surface area contributed by atoms with Crippen molar-refractivity contribution in [1.29, 1.82) is 5.26 Å². The second-order valence-electron chi connectivity index (χ2n) is 5.19. The summed E-state index contributed by atoms with van der Waals surface area (Å²) in [4.78, 5) is 12.0. The van der Waals surface area contributed by atoms with Gasteiger partial charge < -0.3 is 0 Å². The van der Waals surface area contributed by atoms with Gasteiger partial charge in [-0.1, -0.05) is 43.3 Å². The van der Waals surface area contributed by atoms with Crippen LogP contribution in [0.5, 0.6) is 0 Å². The number of ketones is 1. The van der Waals surface area contributed by atoms with Gasteiger partial charge >= 0.3 is 0 Å². The van der Waals surface area contributed by atoms with Crippen LogP contribution in [0, 0.1) is 17.2 Å². The number of carbonyl (C=O) groups excluding carboxylic acids is 1. The van der Waals surface area contributed by atoms with E-state index >= 15 is 0 Å². The second kappa shape index (κ2) is 6.34. The molecular formula is C18H19NO. The smallest absolute Gasteiger partial charge is 0.158 e. The van der Waals surface area contributed by atoms with Gasteiger partial charge in [-0.05, 0) is 42.0 Å². The molecule has 102 valence electrons. The fraction of sp³-hybridized carbons (Fsp3) is 0.333. The van der Waals surface area contributed by atoms with Crippen LogP contribution < -0.4 is 0 Å². The third kappa shape index (κ3) is 3.05. The summed E-state index contributed by atoms with van der Waals surface area (Å²) in [5, 5.41) is 9.22. The van der Waals surface area contributed by atoms with Crippen LogP contribution in [0.1, 0.15) is 38.7 Å². The fourth-order valence-electron chi connectivity index (χ4n) is 2.63. The molecule has 0 heterocycles. The quantitative estimate of drug-likeness (QED) is 0.817. The van der Waals surface area contributed by atoms with Crippen molar-refractivity contribution in [1.82, 2.24) is 0 Å². The summed E-state index contributed by atoms with van der Waals surface area (Å²) in [5.74, 6) is 0.0839. The topological polar surface area (TPSA) is 40.9 Å². The molecule has 2 heteroatoms. The Morgan fingerprint density at radius 2 is 2.05 bits per heavy atom. The van der Waals surface area contributed by atoms with Crippen LogP contribution in [0.3, 0.4) is 0 Å². The van der Waals surface area contributed by atoms with Gasteiger partial charge in [0, 0.05) is 6.42 Å². The number of hydrogen-bond donors (Lipinski definition) is 0. The lowest BCUT2D eigenvalue weighted by molar-refractivity contribution is -0.115. The molecule has 0 aliphatic heterocycles. The molecule has 0 bridgehead atoms. The largest absolute Gasteiger partial charge is 0.295 e. The third-order valence-corrected chi connectivity index (χ3v) is 3.83. The minimum absolute atomic E-state index is 0.0841. The number of nitriles is 1. The van der Waals surface area contributed by atoms with E-state index in [2.05, 4.69) is 12.1 Å². The molecule has 1 atom stereocenters. The van der Waals surface area contributed by atoms with Gasteiger partial charge in [0.2, 0.25) is 0 Å². The Balaban J connectivity index is 2.43. The van der Waals surface area contributed by atoms with Crippen molar-refractivity contribution >= 4 is 11.9 Å². The van der Waals surface area contributed by atoms with Gasteiger partial charge in [0.25, 0.3) is 0 Å². The van der Waals surface area contributed by atoms with E-state index in [1.807, 2.05) is 44.2 Å². The average molecular weight is 265 g/mol. The normalized spacial score (nSPS) is 20.9. The number of nitrogens with zero attached hydrogens (tertiary/aromatic N) is 1. The predicted octanol–water partition coefficient (Wildman–Crippen LogP) is 4.30. The Morgan fingerprint density at radius 3 is 2.65 bits per heavy atom. The summed E-state index contributed by atoms with van der Waals surface area (Å²) in [6.45, 7) is 3.88. The SMILES string of the molecule is CCC(=O)C1=C(C)/C(=C/c2ccccc2)CC(C#N)C1. The predicted molar refractivity (Wildman–Crippen MR) is 80.8 cm³/mol. The number of carbonyl (C=O) groups is 1. The summed E-state index contributed by atoms with van der Waals surface area (Å²) < 4.78 is 0. The van der Waals surface area contributed by atoms with Gasteiger partial charge in [-0.25, -0.2) is 0 Å². The Bertz CT molecular complexity index is 602. The van der Waals surface area contributed by atoms with Crippen molar-refractivity contribution in [3.63, 3.8) is 0 Å². The minimum atomic E-state index is -0.0841. The number of allylic oxidation sites excluding steroid dienone is 3. The first-order valence-electron chi connectivity index (χ1n) is 7.04. The summed E-state index contributed by atoms with van der Waals surface area (Å²) >= 11 is 0. The zero-order valence-corrected chi connectivity index (χ0v) is 12.0. The third-order valence-electron chi connectivity index (χ3n) is 3.83. The lowest BCUT2D eigenvalue weighted by Crippen LogP contribution is -2.16. The maximum Gasteiger partial charge on any atom is 0.158 e. The van der Waals surface area contributed by atoms with Gasteiger partial charge in [0.05, 0.1) is 12.0 Å². The van der Waals surface area contributed by atoms with Gasteiger partial charge in [-0.15, -0.1) is 0 Å². The Kier molecular flexibility index (Phi) is 4.53. The van der Waals surface area contributed by atoms with Crippen LogP contribution in [0.2, 0.25) is 0 Å². The minimum Gasteiger partial charge on any atom is -0.295 e. The highest BCUT2D eigenvalue weighted by molar-refractivity contribution is 5.97. The maximum atomic E-state index is 12.0. The molecule has 20 heavy (non-hydrogen) atoms. The standard InChI is InChI=1S/C18H19NO/c1-3-18(20)17-11-15(12-19)10-16(13(17)2)9-14-7-5-4-6-8-14/h4-9,15H,3,10-11H2,1-2H3/b16-9+. The van der Waals surface area contributed by atoms with Crippen molar-refractivity contribution in [3.8, 4) is 6.07 Å². The van der Waals surface area contributed by atoms with E-state index in [4.69, 9.17) is 0 Å². The number of benzene rings is 1. The highest BCUT2D eigenvalue weighted by atomic mass is 16.1. The molecule has 0 N–H and O–H groups in total. The molecule has 0 saturated heterocycles. The fourth-order valence-corrected chi connectivity index (χ4v) is 2.63. The van der Waals surface area contributed by atoms with Crippen molar-refractivity contribution in [3.05, 3.63) is 52.6 Å². The Labute approximate surface area is 120 Å². The van der Waals surface area contributed by atoms with Crippen LogP contribution >= 0.6 is 0 Å². The van der Waals surface area contributed by atoms with Crippen LogP contribution in [0.4, 0.5) is 0 Å². The molecule has 0 amide bonds. The molecule has 1 unspecified atom stereocenters. The molecule has 2 nitrogen and oxygen atoms in total. The summed E-state index contributed by atoms with van der Waals surface area (Å²) in [5.41, 5.74) is 4.13. The number of Topliss-reactive ketones (excluding diaryl/α,β-unsaturated/α-hetero) is 1. The zero-order valence-electron chi connectivity index (χ0n) is 12.0. The molecule has 1 aliphatic carbocycles. The van der Waals surface area contributed by atoms with Crippen molar-refractivity contribution in [2.75, 3.05) is 0 Å². The van der Waals surface area contributed by atoms with E-state index in [0.717, 1.165) is 28.7 Å². The van der Waals surface area contributed by atoms with E-state index in [1.165, 1.54) is 0 Å². The van der Waals surface area contributed by atoms with Gasteiger partial charge in [0.1, 0.15) is 0 Å². The van der Waals surface area contributed by atoms with E-state index < -0.39 is 0 Å². The summed E-state index contributed by atoms with van der Waals surface area (Å²) in [7, 11) is 0. The van der Waals surface area contributed by atoms with Crippen LogP contribution in [-0.2, 0) is 4.79 Å². The van der Waals surface area contributed by atoms with E-state index in [9.17, 15) is 10.1 Å². The van der Waals surface area contributed by atoms with Crippen LogP contribution in [0.25, 0.3) is 6.08 Å². The molecule has 2 rings (SSSR count). The van der Waals surface area contributed by atoms with E-state index in [0.29, 0.717) is 12.8 Å². The Morgan fingerprint density at radius 1 is 1.35 bits per heavy atom. The zero-order chi connectivity index (χ0) is 14.5. The molecular weight excluding hydrogens is 246 g/mol. The molecule has 1 aromatic carbocycles. The van der Waals surface area contributed by atoms with Gasteiger partial charge in [0.15, 0.2) is 5.78 Å². The molecule has 0 fully saturated rings. The molecule has 1 aliphatic rings. The molecule has 0 radical (unpaired) electrons. The maximum absolute atomic E-state index is 12.0. The average Bonchev–Trinajstić information content (AvgIpc) is 2.49. The molecule has 0 saturated carbocycles. The summed E-state index contributed by atoms with van der Waals surface area (Å²) in [6.07, 6.45) is 3.93. The monoisotopic (exact) mass is 265 g/mol. The van der Waals surface area contributed by atoms with Gasteiger partial charge in [-0.2, -0.15) is 5.26 Å². The first-order valence-corrected chi connectivity index (χ1v) is 7.04. The lowest BCUT2D eigenvalue weighted by atomic mass is 9.79. The highest BCUT2D eigenvalue weighted by Crippen LogP contribution is 2.35. The van der Waals surface area contributed by atoms with E-state index in [1.54, 1.807) is 0 Å². The first kappa shape index (κ1) is 14.3. The molecule has 0 spiro atoms. The molecule has 0 aromatic heterocycles. The van der Waals surface area contributed by atoms with Crippen molar-refractivity contribution in [2.24, 2.45) is 5.92 Å².